The maximum atomic E-state index is 11.6. The molecule has 102 valence electrons. The summed E-state index contributed by atoms with van der Waals surface area (Å²) in [7, 11) is 0. The third kappa shape index (κ3) is 5.08. The zero-order valence-corrected chi connectivity index (χ0v) is 12.1. The van der Waals surface area contributed by atoms with E-state index in [1.165, 1.54) is 11.1 Å². The first-order chi connectivity index (χ1) is 8.90. The summed E-state index contributed by atoms with van der Waals surface area (Å²) >= 11 is 0. The fourth-order valence-electron chi connectivity index (χ4n) is 1.60. The second-order valence-electron chi connectivity index (χ2n) is 5.10. The molecule has 1 aromatic rings. The molecule has 0 spiro atoms. The Bertz CT molecular complexity index is 484. The zero-order chi connectivity index (χ0) is 14.4. The number of ketones is 1. The van der Waals surface area contributed by atoms with Crippen LogP contribution in [-0.4, -0.2) is 11.5 Å². The summed E-state index contributed by atoms with van der Waals surface area (Å²) in [4.78, 5) is 11.6. The van der Waals surface area contributed by atoms with Crippen LogP contribution in [0.5, 0.6) is 0 Å². The SMILES string of the molecule is C/C(=C/C(=N)C(=O)C(C)C)NCc1ccc(C)cc1. The second kappa shape index (κ2) is 6.88. The largest absolute Gasteiger partial charge is 0.384 e. The number of Topliss-reactive ketones (excluding diaryl/α,β-unsaturated/α-hetero) is 1. The molecule has 0 unspecified atom stereocenters. The molecular weight excluding hydrogens is 236 g/mol. The van der Waals surface area contributed by atoms with Crippen LogP contribution in [0.4, 0.5) is 0 Å². The topological polar surface area (TPSA) is 53.0 Å². The minimum atomic E-state index is -0.131. The molecule has 0 aliphatic rings. The number of carbonyl (C=O) groups excluding carboxylic acids is 1. The van der Waals surface area contributed by atoms with E-state index in [1.54, 1.807) is 19.9 Å². The van der Waals surface area contributed by atoms with Crippen LogP contribution < -0.4 is 5.32 Å². The van der Waals surface area contributed by atoms with Gasteiger partial charge in [-0.1, -0.05) is 43.7 Å². The molecule has 0 bridgehead atoms. The predicted octanol–water partition coefficient (Wildman–Crippen LogP) is 3.23. The van der Waals surface area contributed by atoms with Crippen molar-refractivity contribution in [3.8, 4) is 0 Å². The molecule has 2 N–H and O–H groups in total. The van der Waals surface area contributed by atoms with Gasteiger partial charge in [0, 0.05) is 18.2 Å². The Morgan fingerprint density at radius 2 is 1.89 bits per heavy atom. The van der Waals surface area contributed by atoms with E-state index in [0.29, 0.717) is 6.54 Å². The molecule has 0 saturated carbocycles. The summed E-state index contributed by atoms with van der Waals surface area (Å²) in [6.07, 6.45) is 1.59. The van der Waals surface area contributed by atoms with Gasteiger partial charge in [0.15, 0.2) is 5.78 Å². The van der Waals surface area contributed by atoms with Crippen molar-refractivity contribution < 1.29 is 4.79 Å². The van der Waals surface area contributed by atoms with Crippen LogP contribution in [-0.2, 0) is 11.3 Å². The predicted molar refractivity (Wildman–Crippen MR) is 79.3 cm³/mol. The number of benzene rings is 1. The van der Waals surface area contributed by atoms with E-state index in [-0.39, 0.29) is 17.4 Å². The molecule has 0 heterocycles. The Hall–Kier alpha value is -1.90. The lowest BCUT2D eigenvalue weighted by molar-refractivity contribution is -0.115. The summed E-state index contributed by atoms with van der Waals surface area (Å²) in [5, 5.41) is 10.9. The van der Waals surface area contributed by atoms with Crippen LogP contribution in [0.2, 0.25) is 0 Å². The van der Waals surface area contributed by atoms with Crippen molar-refractivity contribution in [2.45, 2.75) is 34.2 Å². The van der Waals surface area contributed by atoms with Crippen LogP contribution in [0, 0.1) is 18.3 Å². The molecule has 0 amide bonds. The first kappa shape index (κ1) is 15.2. The van der Waals surface area contributed by atoms with Gasteiger partial charge in [-0.15, -0.1) is 0 Å². The Morgan fingerprint density at radius 1 is 1.32 bits per heavy atom. The fourth-order valence-corrected chi connectivity index (χ4v) is 1.60. The summed E-state index contributed by atoms with van der Waals surface area (Å²) in [5.74, 6) is -0.259. The minimum absolute atomic E-state index is 0.0592. The van der Waals surface area contributed by atoms with Crippen molar-refractivity contribution in [1.82, 2.24) is 5.32 Å². The summed E-state index contributed by atoms with van der Waals surface area (Å²) < 4.78 is 0. The van der Waals surface area contributed by atoms with Crippen molar-refractivity contribution in [3.63, 3.8) is 0 Å². The van der Waals surface area contributed by atoms with Gasteiger partial charge in [0.05, 0.1) is 5.71 Å². The maximum absolute atomic E-state index is 11.6. The number of aryl methyl sites for hydroxylation is 1. The van der Waals surface area contributed by atoms with Crippen molar-refractivity contribution in [3.05, 3.63) is 47.2 Å². The van der Waals surface area contributed by atoms with E-state index in [1.807, 2.05) is 6.92 Å². The lowest BCUT2D eigenvalue weighted by Crippen LogP contribution is -2.19. The molecule has 1 aromatic carbocycles. The molecule has 3 heteroatoms. The third-order valence-corrected chi connectivity index (χ3v) is 2.84. The molecule has 0 radical (unpaired) electrons. The summed E-state index contributed by atoms with van der Waals surface area (Å²) in [6.45, 7) is 8.24. The number of rotatable bonds is 6. The van der Waals surface area contributed by atoms with Gasteiger partial charge in [0.1, 0.15) is 0 Å². The highest BCUT2D eigenvalue weighted by molar-refractivity contribution is 6.43. The van der Waals surface area contributed by atoms with Crippen molar-refractivity contribution in [2.75, 3.05) is 0 Å². The number of nitrogens with one attached hydrogen (secondary N) is 2. The van der Waals surface area contributed by atoms with Gasteiger partial charge < -0.3 is 5.32 Å². The third-order valence-electron chi connectivity index (χ3n) is 2.84. The van der Waals surface area contributed by atoms with Crippen LogP contribution >= 0.6 is 0 Å². The quantitative estimate of drug-likeness (QED) is 0.770. The molecule has 0 fully saturated rings. The Kier molecular flexibility index (Phi) is 5.49. The monoisotopic (exact) mass is 258 g/mol. The van der Waals surface area contributed by atoms with E-state index in [4.69, 9.17) is 5.41 Å². The normalized spacial score (nSPS) is 11.5. The molecule has 0 aliphatic heterocycles. The highest BCUT2D eigenvalue weighted by Crippen LogP contribution is 2.04. The van der Waals surface area contributed by atoms with Gasteiger partial charge in [-0.25, -0.2) is 0 Å². The summed E-state index contributed by atoms with van der Waals surface area (Å²) in [5.41, 5.74) is 3.31. The van der Waals surface area contributed by atoms with E-state index in [0.717, 1.165) is 5.70 Å². The van der Waals surface area contributed by atoms with E-state index in [9.17, 15) is 4.79 Å². The van der Waals surface area contributed by atoms with Crippen LogP contribution in [0.15, 0.2) is 36.0 Å². The molecule has 0 atom stereocenters. The van der Waals surface area contributed by atoms with Gasteiger partial charge in [-0.05, 0) is 25.5 Å². The molecule has 1 rings (SSSR count). The van der Waals surface area contributed by atoms with Crippen LogP contribution in [0.1, 0.15) is 31.9 Å². The lowest BCUT2D eigenvalue weighted by atomic mass is 10.0. The maximum Gasteiger partial charge on any atom is 0.183 e. The van der Waals surface area contributed by atoms with Crippen LogP contribution in [0.3, 0.4) is 0 Å². The highest BCUT2D eigenvalue weighted by Gasteiger charge is 2.11. The molecule has 0 aromatic heterocycles. The van der Waals surface area contributed by atoms with Gasteiger partial charge in [-0.3, -0.25) is 10.2 Å². The first-order valence-corrected chi connectivity index (χ1v) is 6.50. The zero-order valence-electron chi connectivity index (χ0n) is 12.1. The average Bonchev–Trinajstić information content (AvgIpc) is 2.37. The number of allylic oxidation sites excluding steroid dienone is 2. The van der Waals surface area contributed by atoms with E-state index >= 15 is 0 Å². The van der Waals surface area contributed by atoms with Gasteiger partial charge >= 0.3 is 0 Å². The average molecular weight is 258 g/mol. The van der Waals surface area contributed by atoms with Crippen molar-refractivity contribution >= 4 is 11.5 Å². The highest BCUT2D eigenvalue weighted by atomic mass is 16.1. The molecule has 19 heavy (non-hydrogen) atoms. The number of carbonyl (C=O) groups is 1. The fraction of sp³-hybridized carbons (Fsp3) is 0.375. The van der Waals surface area contributed by atoms with E-state index < -0.39 is 0 Å². The Labute approximate surface area is 115 Å². The molecule has 3 nitrogen and oxygen atoms in total. The van der Waals surface area contributed by atoms with Gasteiger partial charge in [0.2, 0.25) is 0 Å². The first-order valence-electron chi connectivity index (χ1n) is 6.50. The van der Waals surface area contributed by atoms with Gasteiger partial charge in [0.25, 0.3) is 0 Å². The Balaban J connectivity index is 2.55. The number of hydrogen-bond acceptors (Lipinski definition) is 3. The smallest absolute Gasteiger partial charge is 0.183 e. The van der Waals surface area contributed by atoms with Crippen molar-refractivity contribution in [1.29, 1.82) is 5.41 Å². The van der Waals surface area contributed by atoms with Crippen LogP contribution in [0.25, 0.3) is 0 Å². The summed E-state index contributed by atoms with van der Waals surface area (Å²) in [6, 6.07) is 8.28. The number of hydrogen-bond donors (Lipinski definition) is 2. The molecule has 0 saturated heterocycles. The molecule has 0 aliphatic carbocycles. The van der Waals surface area contributed by atoms with Gasteiger partial charge in [-0.2, -0.15) is 0 Å². The lowest BCUT2D eigenvalue weighted by Gasteiger charge is -2.08. The standard InChI is InChI=1S/C16H22N2O/c1-11(2)16(19)15(17)9-13(4)18-10-14-7-5-12(3)6-8-14/h5-9,11,17-18H,10H2,1-4H3/b13-9-,17-15?. The Morgan fingerprint density at radius 3 is 2.42 bits per heavy atom. The minimum Gasteiger partial charge on any atom is -0.384 e. The second-order valence-corrected chi connectivity index (χ2v) is 5.10. The van der Waals surface area contributed by atoms with Crippen molar-refractivity contribution in [2.24, 2.45) is 5.92 Å². The van der Waals surface area contributed by atoms with E-state index in [2.05, 4.69) is 36.5 Å². The molecular formula is C16H22N2O.